The van der Waals surface area contributed by atoms with E-state index in [0.717, 1.165) is 32.0 Å². The molecule has 2 heterocycles. The molecule has 166 valence electrons. The Morgan fingerprint density at radius 2 is 0.900 bits per heavy atom. The van der Waals surface area contributed by atoms with Crippen molar-refractivity contribution in [3.8, 4) is 11.4 Å². The van der Waals surface area contributed by atoms with Gasteiger partial charge in [0.1, 0.15) is 0 Å². The van der Waals surface area contributed by atoms with E-state index >= 15 is 0 Å². The van der Waals surface area contributed by atoms with Crippen molar-refractivity contribution in [1.82, 2.24) is 0 Å². The lowest BCUT2D eigenvalue weighted by molar-refractivity contribution is -0.637. The predicted octanol–water partition coefficient (Wildman–Crippen LogP) is 3.96. The Kier molecular flexibility index (Phi) is 6.05. The third-order valence-electron chi connectivity index (χ3n) is 5.59. The highest BCUT2D eigenvalue weighted by molar-refractivity contribution is 5.71. The summed E-state index contributed by atoms with van der Waals surface area (Å²) < 4.78 is 1.93. The van der Waals surface area contributed by atoms with E-state index in [1.165, 1.54) is 0 Å². The molecular weight excluding hydrogens is 376 g/mol. The molecule has 2 aromatic heterocycles. The minimum Gasteiger partial charge on any atom is -0.618 e. The predicted molar refractivity (Wildman–Crippen MR) is 125 cm³/mol. The Bertz CT molecular complexity index is 886. The van der Waals surface area contributed by atoms with Gasteiger partial charge in [-0.25, -0.2) is 0 Å². The summed E-state index contributed by atoms with van der Waals surface area (Å²) in [5.41, 5.74) is 4.85. The van der Waals surface area contributed by atoms with E-state index in [9.17, 15) is 10.4 Å². The van der Waals surface area contributed by atoms with Crippen LogP contribution in [0.15, 0.2) is 12.1 Å². The summed E-state index contributed by atoms with van der Waals surface area (Å²) in [6.07, 6.45) is 0. The molecule has 0 unspecified atom stereocenters. The molecule has 0 aliphatic heterocycles. The second-order valence-corrected chi connectivity index (χ2v) is 10.7. The van der Waals surface area contributed by atoms with Gasteiger partial charge in [0.25, 0.3) is 11.4 Å². The molecule has 0 aliphatic carbocycles. The Balaban J connectivity index is 3.14. The maximum atomic E-state index is 13.7. The molecule has 0 radical (unpaired) electrons. The highest BCUT2D eigenvalue weighted by Gasteiger charge is 2.37. The maximum Gasteiger partial charge on any atom is 0.295 e. The Morgan fingerprint density at radius 3 is 1.10 bits per heavy atom. The van der Waals surface area contributed by atoms with Crippen LogP contribution >= 0.6 is 0 Å². The molecule has 30 heavy (non-hydrogen) atoms. The summed E-state index contributed by atoms with van der Waals surface area (Å²) in [4.78, 5) is 4.00. The molecule has 0 saturated carbocycles. The largest absolute Gasteiger partial charge is 0.618 e. The molecule has 6 heteroatoms. The summed E-state index contributed by atoms with van der Waals surface area (Å²) in [5.74, 6) is 0. The Hall–Kier alpha value is -2.50. The SMILES string of the molecule is Cc1c(N(C)C)cc(C(C)(C)C)[n+]([O-])c1-c1c(C)c(N(C)C)cc(C(C)(C)C)[n+]1[O-]. The molecule has 0 atom stereocenters. The number of hydrogen-bond donors (Lipinski definition) is 0. The van der Waals surface area contributed by atoms with Crippen LogP contribution in [0.2, 0.25) is 0 Å². The lowest BCUT2D eigenvalue weighted by atomic mass is 9.88. The molecule has 0 aliphatic rings. The topological polar surface area (TPSA) is 60.4 Å². The molecule has 2 rings (SSSR count). The zero-order chi connectivity index (χ0) is 23.3. The number of anilines is 2. The zero-order valence-electron chi connectivity index (χ0n) is 20.8. The van der Waals surface area contributed by atoms with Crippen LogP contribution in [0.4, 0.5) is 11.4 Å². The first-order valence-electron chi connectivity index (χ1n) is 10.4. The van der Waals surface area contributed by atoms with Crippen molar-refractivity contribution in [2.75, 3.05) is 38.0 Å². The molecule has 0 fully saturated rings. The zero-order valence-corrected chi connectivity index (χ0v) is 20.8. The van der Waals surface area contributed by atoms with Crippen molar-refractivity contribution >= 4 is 11.4 Å². The quantitative estimate of drug-likeness (QED) is 0.563. The van der Waals surface area contributed by atoms with E-state index in [0.29, 0.717) is 22.8 Å². The highest BCUT2D eigenvalue weighted by Crippen LogP contribution is 2.36. The second kappa shape index (κ2) is 7.64. The minimum absolute atomic E-state index is 0.372. The van der Waals surface area contributed by atoms with Crippen molar-refractivity contribution in [2.45, 2.75) is 66.2 Å². The van der Waals surface area contributed by atoms with Gasteiger partial charge in [0.05, 0.1) is 22.5 Å². The van der Waals surface area contributed by atoms with Gasteiger partial charge in [0.2, 0.25) is 11.4 Å². The van der Waals surface area contributed by atoms with Gasteiger partial charge in [-0.15, -0.1) is 0 Å². The number of nitrogens with zero attached hydrogens (tertiary/aromatic N) is 4. The number of pyridine rings is 2. The van der Waals surface area contributed by atoms with Gasteiger partial charge in [0.15, 0.2) is 0 Å². The first-order chi connectivity index (χ1) is 13.5. The van der Waals surface area contributed by atoms with E-state index in [1.54, 1.807) is 0 Å². The van der Waals surface area contributed by atoms with Gasteiger partial charge in [-0.05, 0) is 13.8 Å². The van der Waals surface area contributed by atoms with Crippen LogP contribution in [-0.4, -0.2) is 28.2 Å². The lowest BCUT2D eigenvalue weighted by Crippen LogP contribution is -2.47. The number of hydrogen-bond acceptors (Lipinski definition) is 4. The van der Waals surface area contributed by atoms with E-state index < -0.39 is 0 Å². The van der Waals surface area contributed by atoms with Crippen molar-refractivity contribution in [2.24, 2.45) is 0 Å². The summed E-state index contributed by atoms with van der Waals surface area (Å²) >= 11 is 0. The van der Waals surface area contributed by atoms with Crippen molar-refractivity contribution in [1.29, 1.82) is 0 Å². The monoisotopic (exact) mass is 414 g/mol. The van der Waals surface area contributed by atoms with Gasteiger partial charge in [-0.1, -0.05) is 41.5 Å². The van der Waals surface area contributed by atoms with Gasteiger partial charge in [-0.2, -0.15) is 9.46 Å². The molecular formula is C24H38N4O2. The summed E-state index contributed by atoms with van der Waals surface area (Å²) in [5, 5.41) is 27.4. The van der Waals surface area contributed by atoms with Crippen LogP contribution < -0.4 is 19.3 Å². The summed E-state index contributed by atoms with van der Waals surface area (Å²) in [7, 11) is 7.84. The summed E-state index contributed by atoms with van der Waals surface area (Å²) in [6, 6.07) is 3.88. The Morgan fingerprint density at radius 1 is 0.633 bits per heavy atom. The average molecular weight is 415 g/mol. The van der Waals surface area contributed by atoms with Crippen LogP contribution in [0.3, 0.4) is 0 Å². The average Bonchev–Trinajstić information content (AvgIpc) is 2.54. The fraction of sp³-hybridized carbons (Fsp3) is 0.583. The van der Waals surface area contributed by atoms with E-state index in [-0.39, 0.29) is 10.8 Å². The Labute approximate surface area is 181 Å². The fourth-order valence-corrected chi connectivity index (χ4v) is 3.90. The van der Waals surface area contributed by atoms with E-state index in [2.05, 4.69) is 0 Å². The fourth-order valence-electron chi connectivity index (χ4n) is 3.90. The molecule has 0 aromatic carbocycles. The smallest absolute Gasteiger partial charge is 0.295 e. The minimum atomic E-state index is -0.372. The normalized spacial score (nSPS) is 12.3. The van der Waals surface area contributed by atoms with Crippen molar-refractivity contribution < 1.29 is 9.46 Å². The van der Waals surface area contributed by atoms with Gasteiger partial charge < -0.3 is 20.2 Å². The van der Waals surface area contributed by atoms with Gasteiger partial charge in [0, 0.05) is 51.2 Å². The molecule has 2 aromatic rings. The van der Waals surface area contributed by atoms with Gasteiger partial charge >= 0.3 is 0 Å². The maximum absolute atomic E-state index is 13.7. The first kappa shape index (κ1) is 23.8. The molecule has 0 N–H and O–H groups in total. The van der Waals surface area contributed by atoms with E-state index in [4.69, 9.17) is 0 Å². The van der Waals surface area contributed by atoms with Crippen molar-refractivity contribution in [3.63, 3.8) is 0 Å². The van der Waals surface area contributed by atoms with Crippen LogP contribution in [-0.2, 0) is 10.8 Å². The molecule has 0 amide bonds. The van der Waals surface area contributed by atoms with Gasteiger partial charge in [-0.3, -0.25) is 0 Å². The number of aromatic nitrogens is 2. The molecule has 0 spiro atoms. The molecule has 0 saturated heterocycles. The highest BCUT2D eigenvalue weighted by atomic mass is 16.5. The standard InChI is InChI=1S/C24H38N4O2/c1-15-17(25(9)10)13-19(23(3,4)5)27(29)21(15)22-16(2)18(26(11)12)14-20(28(22)30)24(6,7)8/h13-14H,1-12H3. The van der Waals surface area contributed by atoms with Crippen molar-refractivity contribution in [3.05, 3.63) is 45.1 Å². The first-order valence-corrected chi connectivity index (χ1v) is 10.4. The van der Waals surface area contributed by atoms with E-state index in [1.807, 2.05) is 106 Å². The summed E-state index contributed by atoms with van der Waals surface area (Å²) in [6.45, 7) is 15.9. The van der Waals surface area contributed by atoms with Crippen LogP contribution in [0.25, 0.3) is 11.4 Å². The molecule has 0 bridgehead atoms. The third-order valence-corrected chi connectivity index (χ3v) is 5.59. The van der Waals surface area contributed by atoms with Crippen LogP contribution in [0.5, 0.6) is 0 Å². The second-order valence-electron chi connectivity index (χ2n) is 10.7. The third kappa shape index (κ3) is 4.05. The van der Waals surface area contributed by atoms with Crippen LogP contribution in [0, 0.1) is 24.3 Å². The molecule has 6 nitrogen and oxygen atoms in total. The number of rotatable bonds is 3. The van der Waals surface area contributed by atoms with Crippen LogP contribution in [0.1, 0.15) is 64.1 Å². The lowest BCUT2D eigenvalue weighted by Gasteiger charge is -2.27.